The second-order valence-corrected chi connectivity index (χ2v) is 10.8. The van der Waals surface area contributed by atoms with Gasteiger partial charge in [-0.05, 0) is 37.1 Å². The first-order valence-electron chi connectivity index (χ1n) is 8.82. The summed E-state index contributed by atoms with van der Waals surface area (Å²) in [5.41, 5.74) is 1.72. The van der Waals surface area contributed by atoms with Crippen molar-refractivity contribution in [1.29, 1.82) is 0 Å². The quantitative estimate of drug-likeness (QED) is 0.532. The number of benzene rings is 1. The highest BCUT2D eigenvalue weighted by Gasteiger charge is 2.42. The van der Waals surface area contributed by atoms with Crippen LogP contribution in [0.3, 0.4) is 0 Å². The number of thiocarbonyl (C=S) groups is 1. The second kappa shape index (κ2) is 7.20. The molecule has 0 aliphatic carbocycles. The summed E-state index contributed by atoms with van der Waals surface area (Å²) in [7, 11) is -1.50. The normalized spacial score (nSPS) is 27.6. The topological polar surface area (TPSA) is 72.9 Å². The van der Waals surface area contributed by atoms with Crippen LogP contribution in [0.5, 0.6) is 11.5 Å². The van der Waals surface area contributed by atoms with Crippen LogP contribution in [0.1, 0.15) is 18.9 Å². The van der Waals surface area contributed by atoms with E-state index in [9.17, 15) is 13.2 Å². The molecule has 0 aromatic heterocycles. The monoisotopic (exact) mass is 437 g/mol. The van der Waals surface area contributed by atoms with Crippen LogP contribution in [0.2, 0.25) is 0 Å². The van der Waals surface area contributed by atoms with E-state index in [2.05, 4.69) is 0 Å². The molecule has 0 saturated carbocycles. The largest absolute Gasteiger partial charge is 0.493 e. The summed E-state index contributed by atoms with van der Waals surface area (Å²) < 4.78 is 35.3. The second-order valence-electron chi connectivity index (χ2n) is 6.89. The number of hydrogen-bond donors (Lipinski definition) is 0. The zero-order valence-electron chi connectivity index (χ0n) is 15.4. The van der Waals surface area contributed by atoms with Gasteiger partial charge in [0, 0.05) is 5.56 Å². The Kier molecular flexibility index (Phi) is 5.01. The summed E-state index contributed by atoms with van der Waals surface area (Å²) in [6.45, 7) is 1.90. The van der Waals surface area contributed by atoms with Gasteiger partial charge in [0.05, 0.1) is 29.6 Å². The molecule has 3 aliphatic heterocycles. The summed E-state index contributed by atoms with van der Waals surface area (Å²) in [6.07, 6.45) is 3.92. The number of ether oxygens (including phenoxy) is 2. The molecule has 3 heterocycles. The predicted octanol–water partition coefficient (Wildman–Crippen LogP) is 2.79. The number of carbonyl (C=O) groups excluding carboxylic acids is 1. The maximum Gasteiger partial charge on any atom is 0.266 e. The lowest BCUT2D eigenvalue weighted by Crippen LogP contribution is -2.39. The van der Waals surface area contributed by atoms with E-state index in [0.717, 1.165) is 11.1 Å². The van der Waals surface area contributed by atoms with Gasteiger partial charge >= 0.3 is 0 Å². The molecule has 2 unspecified atom stereocenters. The third-order valence-electron chi connectivity index (χ3n) is 5.01. The van der Waals surface area contributed by atoms with Crippen molar-refractivity contribution in [3.63, 3.8) is 0 Å². The van der Waals surface area contributed by atoms with Gasteiger partial charge in [-0.1, -0.05) is 36.1 Å². The highest BCUT2D eigenvalue weighted by atomic mass is 32.2. The summed E-state index contributed by atoms with van der Waals surface area (Å²) in [5.74, 6) is 1.18. The van der Waals surface area contributed by atoms with E-state index < -0.39 is 9.84 Å². The zero-order valence-corrected chi connectivity index (χ0v) is 17.8. The van der Waals surface area contributed by atoms with Gasteiger partial charge in [-0.15, -0.1) is 0 Å². The third kappa shape index (κ3) is 3.46. The van der Waals surface area contributed by atoms with Crippen LogP contribution in [0.4, 0.5) is 0 Å². The summed E-state index contributed by atoms with van der Waals surface area (Å²) in [5, 5.41) is 0. The molecule has 2 atom stereocenters. The van der Waals surface area contributed by atoms with Gasteiger partial charge in [-0.2, -0.15) is 0 Å². The van der Waals surface area contributed by atoms with Crippen molar-refractivity contribution in [2.45, 2.75) is 25.5 Å². The molecule has 0 radical (unpaired) electrons. The van der Waals surface area contributed by atoms with E-state index in [1.54, 1.807) is 13.2 Å². The summed E-state index contributed by atoms with van der Waals surface area (Å²) >= 11 is 6.57. The smallest absolute Gasteiger partial charge is 0.266 e. The maximum atomic E-state index is 12.9. The molecule has 9 heteroatoms. The molecule has 2 fully saturated rings. The van der Waals surface area contributed by atoms with Gasteiger partial charge in [0.25, 0.3) is 5.91 Å². The molecule has 6 nitrogen and oxygen atoms in total. The molecule has 0 bridgehead atoms. The van der Waals surface area contributed by atoms with Gasteiger partial charge < -0.3 is 9.47 Å². The fourth-order valence-corrected chi connectivity index (χ4v) is 6.66. The van der Waals surface area contributed by atoms with Crippen molar-refractivity contribution < 1.29 is 22.7 Å². The lowest BCUT2D eigenvalue weighted by atomic mass is 10.0. The third-order valence-corrected chi connectivity index (χ3v) is 8.09. The van der Waals surface area contributed by atoms with Crippen molar-refractivity contribution in [2.24, 2.45) is 0 Å². The molecule has 0 spiro atoms. The minimum Gasteiger partial charge on any atom is -0.493 e. The van der Waals surface area contributed by atoms with Crippen LogP contribution < -0.4 is 9.47 Å². The average molecular weight is 438 g/mol. The molecular weight excluding hydrogens is 418 g/mol. The van der Waals surface area contributed by atoms with Crippen LogP contribution in [0, 0.1) is 0 Å². The lowest BCUT2D eigenvalue weighted by molar-refractivity contribution is -0.123. The molecule has 3 aliphatic rings. The molecule has 1 aromatic carbocycles. The Morgan fingerprint density at radius 1 is 1.39 bits per heavy atom. The first kappa shape index (κ1) is 19.5. The van der Waals surface area contributed by atoms with E-state index in [1.165, 1.54) is 16.7 Å². The number of rotatable bonds is 3. The van der Waals surface area contributed by atoms with Gasteiger partial charge in [-0.25, -0.2) is 8.42 Å². The van der Waals surface area contributed by atoms with Crippen LogP contribution in [-0.2, 0) is 14.6 Å². The van der Waals surface area contributed by atoms with Crippen LogP contribution in [0.15, 0.2) is 34.8 Å². The Morgan fingerprint density at radius 3 is 2.86 bits per heavy atom. The van der Waals surface area contributed by atoms with Crippen molar-refractivity contribution in [3.8, 4) is 11.5 Å². The zero-order chi connectivity index (χ0) is 20.1. The molecular formula is C19H19NO5S3. The number of carbonyl (C=O) groups is 1. The number of nitrogens with zero attached hydrogens (tertiary/aromatic N) is 1. The predicted molar refractivity (Wildman–Crippen MR) is 113 cm³/mol. The summed E-state index contributed by atoms with van der Waals surface area (Å²) in [6, 6.07) is 5.27. The molecule has 4 rings (SSSR count). The lowest BCUT2D eigenvalue weighted by Gasteiger charge is -2.24. The van der Waals surface area contributed by atoms with Gasteiger partial charge in [0.1, 0.15) is 10.4 Å². The first-order valence-corrected chi connectivity index (χ1v) is 11.9. The number of methoxy groups -OCH3 is 1. The number of fused-ring (bicyclic) bond motifs is 1. The number of hydrogen-bond acceptors (Lipinski definition) is 7. The fourth-order valence-electron chi connectivity index (χ4n) is 3.56. The molecule has 1 amide bonds. The van der Waals surface area contributed by atoms with E-state index in [4.69, 9.17) is 21.7 Å². The molecule has 0 N–H and O–H groups in total. The number of sulfone groups is 1. The van der Waals surface area contributed by atoms with Crippen LogP contribution in [-0.4, -0.2) is 54.3 Å². The van der Waals surface area contributed by atoms with Crippen molar-refractivity contribution >= 4 is 50.1 Å². The Bertz CT molecular complexity index is 1030. The number of amides is 1. The molecule has 2 saturated heterocycles. The van der Waals surface area contributed by atoms with E-state index in [1.807, 2.05) is 31.2 Å². The Balaban J connectivity index is 1.63. The van der Waals surface area contributed by atoms with E-state index in [0.29, 0.717) is 27.1 Å². The van der Waals surface area contributed by atoms with Crippen molar-refractivity contribution in [3.05, 3.63) is 40.3 Å². The standard InChI is InChI=1S/C19H19NO5S3/c1-11-13(8-12-4-3-5-15(24-2)17(12)25-11)9-16-18(21)20(19(26)27-16)14-6-7-28(22,23)10-14/h3-5,8-9,11,14H,6-7,10H2,1-2H3. The number of para-hydroxylation sites is 1. The van der Waals surface area contributed by atoms with Crippen LogP contribution in [0.25, 0.3) is 6.08 Å². The summed E-state index contributed by atoms with van der Waals surface area (Å²) in [4.78, 5) is 14.9. The number of thioether (sulfide) groups is 1. The Hall–Kier alpha value is -1.84. The first-order chi connectivity index (χ1) is 13.3. The highest BCUT2D eigenvalue weighted by molar-refractivity contribution is 8.26. The Labute approximate surface area is 173 Å². The highest BCUT2D eigenvalue weighted by Crippen LogP contribution is 2.40. The van der Waals surface area contributed by atoms with Gasteiger partial charge in [0.2, 0.25) is 0 Å². The minimum absolute atomic E-state index is 0.0257. The SMILES string of the molecule is COc1cccc2c1OC(C)C(C=C1SC(=S)N(C3CCS(=O)(=O)C3)C1=O)=C2. The average Bonchev–Trinajstić information content (AvgIpc) is 3.13. The molecule has 28 heavy (non-hydrogen) atoms. The minimum atomic E-state index is -3.10. The van der Waals surface area contributed by atoms with Crippen LogP contribution >= 0.6 is 24.0 Å². The van der Waals surface area contributed by atoms with E-state index in [-0.39, 0.29) is 29.6 Å². The Morgan fingerprint density at radius 2 is 2.18 bits per heavy atom. The van der Waals surface area contributed by atoms with Crippen molar-refractivity contribution in [2.75, 3.05) is 18.6 Å². The van der Waals surface area contributed by atoms with Crippen molar-refractivity contribution in [1.82, 2.24) is 4.90 Å². The van der Waals surface area contributed by atoms with E-state index >= 15 is 0 Å². The maximum absolute atomic E-state index is 12.9. The molecule has 1 aromatic rings. The fraction of sp³-hybridized carbons (Fsp3) is 0.368. The van der Waals surface area contributed by atoms with Gasteiger partial charge in [-0.3, -0.25) is 9.69 Å². The van der Waals surface area contributed by atoms with Gasteiger partial charge in [0.15, 0.2) is 21.3 Å². The molecule has 148 valence electrons.